The summed E-state index contributed by atoms with van der Waals surface area (Å²) in [7, 11) is 0. The minimum Gasteiger partial charge on any atom is -0.325 e. The van der Waals surface area contributed by atoms with E-state index in [1.807, 2.05) is 0 Å². The number of halogens is 2. The zero-order valence-corrected chi connectivity index (χ0v) is 10.9. The second-order valence-corrected chi connectivity index (χ2v) is 4.46. The summed E-state index contributed by atoms with van der Waals surface area (Å²) in [6.07, 6.45) is 1.55. The van der Waals surface area contributed by atoms with Crippen LogP contribution in [0.4, 0.5) is 0 Å². The molecule has 1 aromatic heterocycles. The van der Waals surface area contributed by atoms with Gasteiger partial charge in [-0.3, -0.25) is 9.78 Å². The Morgan fingerprint density at radius 2 is 2.06 bits per heavy atom. The van der Waals surface area contributed by atoms with Gasteiger partial charge >= 0.3 is 0 Å². The summed E-state index contributed by atoms with van der Waals surface area (Å²) in [4.78, 5) is 16.3. The van der Waals surface area contributed by atoms with Crippen molar-refractivity contribution in [3.8, 4) is 0 Å². The molecule has 0 saturated carbocycles. The van der Waals surface area contributed by atoms with Gasteiger partial charge in [-0.2, -0.15) is 0 Å². The van der Waals surface area contributed by atoms with Crippen molar-refractivity contribution < 1.29 is 4.79 Å². The highest BCUT2D eigenvalue weighted by Crippen LogP contribution is 2.27. The molecule has 92 valence electrons. The number of aromatic nitrogens is 1. The molecular weight excluding hydrogens is 271 g/mol. The van der Waals surface area contributed by atoms with Crippen molar-refractivity contribution >= 4 is 29.0 Å². The van der Waals surface area contributed by atoms with Crippen LogP contribution >= 0.6 is 23.2 Å². The molecule has 5 heteroatoms. The lowest BCUT2D eigenvalue weighted by atomic mass is 10.0. The molecule has 2 aromatic rings. The van der Waals surface area contributed by atoms with Crippen molar-refractivity contribution in [2.45, 2.75) is 6.54 Å². The monoisotopic (exact) mass is 280 g/mol. The van der Waals surface area contributed by atoms with E-state index < -0.39 is 0 Å². The number of hydrogen-bond acceptors (Lipinski definition) is 3. The Labute approximate surface area is 115 Å². The Hall–Kier alpha value is -1.42. The van der Waals surface area contributed by atoms with Gasteiger partial charge in [-0.1, -0.05) is 29.3 Å². The number of carbonyl (C=O) groups is 1. The smallest absolute Gasteiger partial charge is 0.194 e. The zero-order chi connectivity index (χ0) is 13.1. The molecular formula is C13H10Cl2N2O. The zero-order valence-electron chi connectivity index (χ0n) is 9.36. The Balaban J connectivity index is 2.44. The molecule has 0 bridgehead atoms. The summed E-state index contributed by atoms with van der Waals surface area (Å²) in [5.41, 5.74) is 7.01. The highest BCUT2D eigenvalue weighted by atomic mass is 35.5. The first-order chi connectivity index (χ1) is 8.63. The number of ketones is 1. The largest absolute Gasteiger partial charge is 0.325 e. The van der Waals surface area contributed by atoms with Crippen LogP contribution in [0.25, 0.3) is 0 Å². The second kappa shape index (κ2) is 5.48. The van der Waals surface area contributed by atoms with Crippen LogP contribution in [0.2, 0.25) is 10.0 Å². The lowest BCUT2D eigenvalue weighted by Gasteiger charge is -2.05. The Morgan fingerprint density at radius 1 is 1.28 bits per heavy atom. The fourth-order valence-corrected chi connectivity index (χ4v) is 1.95. The van der Waals surface area contributed by atoms with Gasteiger partial charge < -0.3 is 5.73 Å². The van der Waals surface area contributed by atoms with E-state index in [1.54, 1.807) is 36.5 Å². The maximum atomic E-state index is 12.3. The van der Waals surface area contributed by atoms with Gasteiger partial charge in [0, 0.05) is 23.9 Å². The van der Waals surface area contributed by atoms with Crippen LogP contribution in [-0.2, 0) is 6.54 Å². The Kier molecular flexibility index (Phi) is 3.97. The van der Waals surface area contributed by atoms with Gasteiger partial charge in [-0.15, -0.1) is 0 Å². The molecule has 18 heavy (non-hydrogen) atoms. The van der Waals surface area contributed by atoms with E-state index in [2.05, 4.69) is 4.98 Å². The third-order valence-electron chi connectivity index (χ3n) is 2.48. The highest BCUT2D eigenvalue weighted by Gasteiger charge is 2.15. The van der Waals surface area contributed by atoms with Crippen LogP contribution in [-0.4, -0.2) is 10.8 Å². The van der Waals surface area contributed by atoms with Crippen molar-refractivity contribution in [1.82, 2.24) is 4.98 Å². The van der Waals surface area contributed by atoms with Crippen LogP contribution in [0, 0.1) is 0 Å². The molecule has 0 spiro atoms. The molecule has 2 rings (SSSR count). The number of benzene rings is 1. The molecule has 0 atom stereocenters. The van der Waals surface area contributed by atoms with Crippen molar-refractivity contribution in [1.29, 1.82) is 0 Å². The maximum absolute atomic E-state index is 12.3. The van der Waals surface area contributed by atoms with Crippen molar-refractivity contribution in [3.05, 3.63) is 63.4 Å². The summed E-state index contributed by atoms with van der Waals surface area (Å²) in [5, 5.41) is 0.617. The molecule has 1 aromatic carbocycles. The van der Waals surface area contributed by atoms with E-state index in [1.165, 1.54) is 0 Å². The van der Waals surface area contributed by atoms with Gasteiger partial charge in [0.05, 0.1) is 15.7 Å². The van der Waals surface area contributed by atoms with Crippen molar-refractivity contribution in [2.24, 2.45) is 5.73 Å². The fraction of sp³-hybridized carbons (Fsp3) is 0.0769. The summed E-state index contributed by atoms with van der Waals surface area (Å²) in [6.45, 7) is 0.282. The minimum atomic E-state index is -0.195. The Morgan fingerprint density at radius 3 is 2.78 bits per heavy atom. The molecule has 0 aliphatic rings. The average molecular weight is 281 g/mol. The normalized spacial score (nSPS) is 10.4. The summed E-state index contributed by atoms with van der Waals surface area (Å²) in [6, 6.07) is 8.24. The predicted molar refractivity (Wildman–Crippen MR) is 72.0 cm³/mol. The number of pyridine rings is 1. The number of nitrogens with two attached hydrogens (primary N) is 1. The lowest BCUT2D eigenvalue weighted by molar-refractivity contribution is 0.103. The van der Waals surface area contributed by atoms with Gasteiger partial charge in [0.15, 0.2) is 5.78 Å². The minimum absolute atomic E-state index is 0.195. The van der Waals surface area contributed by atoms with E-state index >= 15 is 0 Å². The van der Waals surface area contributed by atoms with E-state index in [0.29, 0.717) is 21.8 Å². The molecule has 0 unspecified atom stereocenters. The third kappa shape index (κ3) is 2.53. The molecule has 0 fully saturated rings. The maximum Gasteiger partial charge on any atom is 0.194 e. The molecule has 3 nitrogen and oxygen atoms in total. The van der Waals surface area contributed by atoms with Gasteiger partial charge in [0.25, 0.3) is 0 Å². The number of nitrogens with zero attached hydrogens (tertiary/aromatic N) is 1. The summed E-state index contributed by atoms with van der Waals surface area (Å²) >= 11 is 11.9. The van der Waals surface area contributed by atoms with Crippen LogP contribution in [0.5, 0.6) is 0 Å². The molecule has 0 radical (unpaired) electrons. The van der Waals surface area contributed by atoms with Crippen LogP contribution in [0.3, 0.4) is 0 Å². The molecule has 0 aliphatic heterocycles. The first-order valence-electron chi connectivity index (χ1n) is 5.27. The average Bonchev–Trinajstić information content (AvgIpc) is 2.41. The lowest BCUT2D eigenvalue weighted by Crippen LogP contribution is -2.06. The van der Waals surface area contributed by atoms with Crippen LogP contribution < -0.4 is 5.73 Å². The van der Waals surface area contributed by atoms with E-state index in [4.69, 9.17) is 28.9 Å². The first kappa shape index (κ1) is 13.0. The molecule has 0 saturated heterocycles. The topological polar surface area (TPSA) is 56.0 Å². The van der Waals surface area contributed by atoms with Gasteiger partial charge in [-0.05, 0) is 24.3 Å². The van der Waals surface area contributed by atoms with Crippen molar-refractivity contribution in [2.75, 3.05) is 0 Å². The first-order valence-corrected chi connectivity index (χ1v) is 6.03. The summed E-state index contributed by atoms with van der Waals surface area (Å²) < 4.78 is 0. The van der Waals surface area contributed by atoms with E-state index in [-0.39, 0.29) is 17.4 Å². The third-order valence-corrected chi connectivity index (χ3v) is 3.30. The van der Waals surface area contributed by atoms with Gasteiger partial charge in [0.2, 0.25) is 0 Å². The standard InChI is InChI=1S/C13H10Cl2N2O/c14-11-3-1-2-10(12(11)15)13(18)8-4-5-17-9(6-8)7-16/h1-6H,7,16H2. The quantitative estimate of drug-likeness (QED) is 0.879. The predicted octanol–water partition coefficient (Wildman–Crippen LogP) is 3.08. The van der Waals surface area contributed by atoms with Crippen molar-refractivity contribution in [3.63, 3.8) is 0 Å². The number of rotatable bonds is 3. The van der Waals surface area contributed by atoms with E-state index in [0.717, 1.165) is 0 Å². The fourth-order valence-electron chi connectivity index (χ4n) is 1.57. The van der Waals surface area contributed by atoms with Crippen LogP contribution in [0.15, 0.2) is 36.5 Å². The highest BCUT2D eigenvalue weighted by molar-refractivity contribution is 6.44. The van der Waals surface area contributed by atoms with Gasteiger partial charge in [0.1, 0.15) is 0 Å². The number of carbonyl (C=O) groups excluding carboxylic acids is 1. The Bertz CT molecular complexity index is 599. The molecule has 0 aliphatic carbocycles. The van der Waals surface area contributed by atoms with Gasteiger partial charge in [-0.25, -0.2) is 0 Å². The SMILES string of the molecule is NCc1cc(C(=O)c2cccc(Cl)c2Cl)ccn1. The summed E-state index contributed by atoms with van der Waals surface area (Å²) in [5.74, 6) is -0.195. The molecule has 1 heterocycles. The number of hydrogen-bond donors (Lipinski definition) is 1. The molecule has 0 amide bonds. The van der Waals surface area contributed by atoms with E-state index in [9.17, 15) is 4.79 Å². The second-order valence-electron chi connectivity index (χ2n) is 3.67. The molecule has 2 N–H and O–H groups in total. The van der Waals surface area contributed by atoms with Crippen LogP contribution in [0.1, 0.15) is 21.6 Å².